The van der Waals surface area contributed by atoms with Crippen molar-refractivity contribution in [1.82, 2.24) is 5.32 Å². The minimum atomic E-state index is -1.14. The van der Waals surface area contributed by atoms with Crippen LogP contribution in [0.25, 0.3) is 10.4 Å². The summed E-state index contributed by atoms with van der Waals surface area (Å²) in [4.78, 5) is 14.2. The monoisotopic (exact) mass is 336 g/mol. The van der Waals surface area contributed by atoms with Crippen LogP contribution in [0.4, 0.5) is 0 Å². The number of nitrogens with zero attached hydrogens (tertiary/aromatic N) is 3. The quantitative estimate of drug-likeness (QED) is 0.477. The Morgan fingerprint density at radius 3 is 2.54 bits per heavy atom. The molecule has 1 aliphatic rings. The van der Waals surface area contributed by atoms with E-state index >= 15 is 0 Å². The zero-order valence-corrected chi connectivity index (χ0v) is 13.6. The molecule has 24 heavy (non-hydrogen) atoms. The summed E-state index contributed by atoms with van der Waals surface area (Å²) >= 11 is 0. The van der Waals surface area contributed by atoms with E-state index in [0.717, 1.165) is 0 Å². The normalized spacial score (nSPS) is 29.2. The van der Waals surface area contributed by atoms with Gasteiger partial charge in [-0.1, -0.05) is 5.11 Å². The van der Waals surface area contributed by atoms with Gasteiger partial charge in [0.05, 0.1) is 25.4 Å². The average molecular weight is 336 g/mol. The maximum Gasteiger partial charge on any atom is 0.223 e. The van der Waals surface area contributed by atoms with E-state index in [1.807, 2.05) is 0 Å². The van der Waals surface area contributed by atoms with Gasteiger partial charge in [0.1, 0.15) is 17.5 Å². The molecule has 2 N–H and O–H groups in total. The lowest BCUT2D eigenvalue weighted by Crippen LogP contribution is -2.63. The number of aliphatic hydroxyl groups is 1. The molecule has 1 aromatic carbocycles. The number of nitrogens with one attached hydrogen (secondary N) is 1. The molecule has 130 valence electrons. The topological polar surface area (TPSA) is 126 Å². The van der Waals surface area contributed by atoms with Crippen molar-refractivity contribution in [3.05, 3.63) is 34.7 Å². The van der Waals surface area contributed by atoms with Crippen molar-refractivity contribution in [2.45, 2.75) is 44.4 Å². The van der Waals surface area contributed by atoms with Crippen LogP contribution in [-0.4, -0.2) is 48.7 Å². The molecule has 9 heteroatoms. The highest BCUT2D eigenvalue weighted by atomic mass is 16.7. The van der Waals surface area contributed by atoms with Gasteiger partial charge in [-0.3, -0.25) is 4.79 Å². The molecule has 0 aliphatic carbocycles. The summed E-state index contributed by atoms with van der Waals surface area (Å²) in [5.41, 5.74) is 8.63. The molecule has 5 atom stereocenters. The largest absolute Gasteiger partial charge is 0.497 e. The van der Waals surface area contributed by atoms with E-state index < -0.39 is 30.6 Å². The lowest BCUT2D eigenvalue weighted by atomic mass is 9.95. The van der Waals surface area contributed by atoms with Gasteiger partial charge < -0.3 is 24.6 Å². The number of benzene rings is 1. The molecule has 0 aromatic heterocycles. The molecule has 1 aromatic rings. The van der Waals surface area contributed by atoms with Gasteiger partial charge >= 0.3 is 0 Å². The van der Waals surface area contributed by atoms with E-state index in [2.05, 4.69) is 15.3 Å². The number of azide groups is 1. The molecule has 1 amide bonds. The number of hydrogen-bond donors (Lipinski definition) is 2. The maximum absolute atomic E-state index is 11.4. The fourth-order valence-electron chi connectivity index (χ4n) is 2.53. The zero-order valence-electron chi connectivity index (χ0n) is 13.6. The molecule has 0 unspecified atom stereocenters. The second kappa shape index (κ2) is 7.87. The number of carbonyl (C=O) groups is 1. The summed E-state index contributed by atoms with van der Waals surface area (Å²) in [5, 5.41) is 16.6. The van der Waals surface area contributed by atoms with Gasteiger partial charge in [0.25, 0.3) is 0 Å². The molecule has 0 spiro atoms. The first-order chi connectivity index (χ1) is 11.5. The van der Waals surface area contributed by atoms with Gasteiger partial charge in [0.2, 0.25) is 12.2 Å². The minimum Gasteiger partial charge on any atom is -0.497 e. The minimum absolute atomic E-state index is 0.361. The number of rotatable bonds is 5. The van der Waals surface area contributed by atoms with Crippen molar-refractivity contribution in [1.29, 1.82) is 0 Å². The van der Waals surface area contributed by atoms with Crippen molar-refractivity contribution in [3.63, 3.8) is 0 Å². The van der Waals surface area contributed by atoms with Crippen LogP contribution in [0.15, 0.2) is 29.4 Å². The van der Waals surface area contributed by atoms with Crippen molar-refractivity contribution < 1.29 is 24.1 Å². The number of amides is 1. The Hall–Kier alpha value is -2.48. The predicted molar refractivity (Wildman–Crippen MR) is 84.5 cm³/mol. The third-order valence-electron chi connectivity index (χ3n) is 3.71. The van der Waals surface area contributed by atoms with Crippen LogP contribution in [0.1, 0.15) is 13.8 Å². The fraction of sp³-hybridized carbons (Fsp3) is 0.533. The Morgan fingerprint density at radius 1 is 1.38 bits per heavy atom. The van der Waals surface area contributed by atoms with E-state index in [0.29, 0.717) is 11.5 Å². The summed E-state index contributed by atoms with van der Waals surface area (Å²) in [7, 11) is 1.56. The highest BCUT2D eigenvalue weighted by Gasteiger charge is 2.44. The van der Waals surface area contributed by atoms with Gasteiger partial charge in [0, 0.05) is 11.8 Å². The molecule has 1 saturated heterocycles. The molecular weight excluding hydrogens is 316 g/mol. The fourth-order valence-corrected chi connectivity index (χ4v) is 2.53. The van der Waals surface area contributed by atoms with Crippen LogP contribution in [0, 0.1) is 0 Å². The summed E-state index contributed by atoms with van der Waals surface area (Å²) in [6.45, 7) is 2.98. The van der Waals surface area contributed by atoms with Crippen molar-refractivity contribution >= 4 is 5.91 Å². The Kier molecular flexibility index (Phi) is 5.86. The Labute approximate surface area is 139 Å². The lowest BCUT2D eigenvalue weighted by Gasteiger charge is -2.41. The molecule has 1 aliphatic heterocycles. The Bertz CT molecular complexity index is 617. The van der Waals surface area contributed by atoms with Gasteiger partial charge in [-0.05, 0) is 36.7 Å². The van der Waals surface area contributed by atoms with Gasteiger partial charge in [-0.2, -0.15) is 0 Å². The Balaban J connectivity index is 2.20. The van der Waals surface area contributed by atoms with Crippen molar-refractivity contribution in [2.75, 3.05) is 7.11 Å². The third-order valence-corrected chi connectivity index (χ3v) is 3.71. The van der Waals surface area contributed by atoms with Crippen LogP contribution < -0.4 is 14.8 Å². The van der Waals surface area contributed by atoms with Crippen LogP contribution in [-0.2, 0) is 9.53 Å². The van der Waals surface area contributed by atoms with E-state index in [1.54, 1.807) is 38.3 Å². The van der Waals surface area contributed by atoms with E-state index in [9.17, 15) is 9.90 Å². The molecule has 0 saturated carbocycles. The van der Waals surface area contributed by atoms with Crippen LogP contribution in [0.2, 0.25) is 0 Å². The van der Waals surface area contributed by atoms with E-state index in [-0.39, 0.29) is 5.91 Å². The smallest absolute Gasteiger partial charge is 0.223 e. The second-order valence-corrected chi connectivity index (χ2v) is 5.42. The van der Waals surface area contributed by atoms with E-state index in [4.69, 9.17) is 19.7 Å². The maximum atomic E-state index is 11.4. The Morgan fingerprint density at radius 2 is 2.00 bits per heavy atom. The molecule has 1 fully saturated rings. The molecule has 0 radical (unpaired) electrons. The van der Waals surface area contributed by atoms with Gasteiger partial charge in [-0.25, -0.2) is 0 Å². The standard InChI is InChI=1S/C15H20N4O5/c1-8-12(18-19-16)14(21)13(17-9(2)20)15(23-8)24-11-6-4-10(22-3)5-7-11/h4-8,12-15,21H,1-3H3,(H,17,20)/t8-,12-,13+,14+,15-/m1/s1. The average Bonchev–Trinajstić information content (AvgIpc) is 2.55. The van der Waals surface area contributed by atoms with E-state index in [1.165, 1.54) is 6.92 Å². The lowest BCUT2D eigenvalue weighted by molar-refractivity contribution is -0.197. The van der Waals surface area contributed by atoms with Crippen LogP contribution in [0.3, 0.4) is 0 Å². The first-order valence-electron chi connectivity index (χ1n) is 7.41. The number of aliphatic hydroxyl groups excluding tert-OH is 1. The molecule has 2 rings (SSSR count). The molecule has 0 bridgehead atoms. The molecular formula is C15H20N4O5. The predicted octanol–water partition coefficient (Wildman–Crippen LogP) is 1.36. The van der Waals surface area contributed by atoms with Gasteiger partial charge in [-0.15, -0.1) is 0 Å². The number of carbonyl (C=O) groups excluding carboxylic acids is 1. The third kappa shape index (κ3) is 4.08. The number of methoxy groups -OCH3 is 1. The SMILES string of the molecule is COc1ccc(O[C@H]2O[C@H](C)[C@@H](N=[N+]=[N-])[C@H](O)[C@@H]2NC(C)=O)cc1. The molecule has 1 heterocycles. The van der Waals surface area contributed by atoms with Crippen molar-refractivity contribution in [2.24, 2.45) is 5.11 Å². The molecule has 9 nitrogen and oxygen atoms in total. The highest BCUT2D eigenvalue weighted by molar-refractivity contribution is 5.73. The first-order valence-corrected chi connectivity index (χ1v) is 7.41. The zero-order chi connectivity index (χ0) is 17.7. The summed E-state index contributed by atoms with van der Waals surface area (Å²) in [5.74, 6) is 0.792. The summed E-state index contributed by atoms with van der Waals surface area (Å²) in [6, 6.07) is 5.09. The summed E-state index contributed by atoms with van der Waals surface area (Å²) in [6.07, 6.45) is -2.65. The highest BCUT2D eigenvalue weighted by Crippen LogP contribution is 2.27. The second-order valence-electron chi connectivity index (χ2n) is 5.42. The van der Waals surface area contributed by atoms with Crippen LogP contribution >= 0.6 is 0 Å². The van der Waals surface area contributed by atoms with Gasteiger partial charge in [0.15, 0.2) is 0 Å². The van der Waals surface area contributed by atoms with Crippen molar-refractivity contribution in [3.8, 4) is 11.5 Å². The summed E-state index contributed by atoms with van der Waals surface area (Å²) < 4.78 is 16.5. The number of hydrogen-bond acceptors (Lipinski definition) is 6. The number of ether oxygens (including phenoxy) is 3. The first kappa shape index (κ1) is 17.9. The van der Waals surface area contributed by atoms with Crippen LogP contribution in [0.5, 0.6) is 11.5 Å².